The van der Waals surface area contributed by atoms with E-state index in [2.05, 4.69) is 15.5 Å². The van der Waals surface area contributed by atoms with Crippen LogP contribution >= 0.6 is 11.3 Å². The summed E-state index contributed by atoms with van der Waals surface area (Å²) in [5.74, 6) is 0.192. The Morgan fingerprint density at radius 2 is 2.00 bits per heavy atom. The highest BCUT2D eigenvalue weighted by Gasteiger charge is 2.22. The summed E-state index contributed by atoms with van der Waals surface area (Å²) in [6, 6.07) is 7.01. The van der Waals surface area contributed by atoms with E-state index in [0.717, 1.165) is 11.3 Å². The number of para-hydroxylation sites is 1. The highest BCUT2D eigenvalue weighted by molar-refractivity contribution is 7.15. The van der Waals surface area contributed by atoms with Gasteiger partial charge < -0.3 is 9.84 Å². The molecule has 1 aromatic carbocycles. The molecule has 118 valence electrons. The summed E-state index contributed by atoms with van der Waals surface area (Å²) in [7, 11) is 0. The minimum absolute atomic E-state index is 0.0303. The fourth-order valence-electron chi connectivity index (χ4n) is 1.70. The second kappa shape index (κ2) is 6.41. The predicted molar refractivity (Wildman–Crippen MR) is 85.3 cm³/mol. The molecule has 22 heavy (non-hydrogen) atoms. The average molecular weight is 321 g/mol. The van der Waals surface area contributed by atoms with Gasteiger partial charge in [-0.05, 0) is 39.8 Å². The van der Waals surface area contributed by atoms with Gasteiger partial charge in [0.05, 0.1) is 11.7 Å². The molecule has 0 aliphatic rings. The van der Waals surface area contributed by atoms with Gasteiger partial charge in [0.1, 0.15) is 16.4 Å². The number of anilines is 1. The highest BCUT2D eigenvalue weighted by atomic mass is 32.1. The second-order valence-corrected chi connectivity index (χ2v) is 6.57. The summed E-state index contributed by atoms with van der Waals surface area (Å²) in [4.78, 5) is 12.4. The zero-order valence-corrected chi connectivity index (χ0v) is 13.8. The van der Waals surface area contributed by atoms with Crippen molar-refractivity contribution in [1.82, 2.24) is 10.2 Å². The molecule has 0 aliphatic carbocycles. The fourth-order valence-corrected chi connectivity index (χ4v) is 2.44. The Hall–Kier alpha value is -1.99. The Balaban J connectivity index is 2.18. The smallest absolute Gasteiger partial charge is 0.261 e. The Morgan fingerprint density at radius 1 is 1.32 bits per heavy atom. The lowest BCUT2D eigenvalue weighted by Gasteiger charge is -2.13. The quantitative estimate of drug-likeness (QED) is 0.884. The Morgan fingerprint density at radius 3 is 2.59 bits per heavy atom. The fraction of sp³-hybridized carbons (Fsp3) is 0.400. The summed E-state index contributed by atoms with van der Waals surface area (Å²) in [5, 5.41) is 21.1. The van der Waals surface area contributed by atoms with Gasteiger partial charge in [-0.15, -0.1) is 10.2 Å². The number of hydrogen-bond acceptors (Lipinski definition) is 6. The number of ether oxygens (including phenoxy) is 1. The molecule has 0 saturated heterocycles. The van der Waals surface area contributed by atoms with Gasteiger partial charge in [0.15, 0.2) is 0 Å². The van der Waals surface area contributed by atoms with Gasteiger partial charge in [-0.1, -0.05) is 23.5 Å². The molecule has 1 aromatic heterocycles. The third-order valence-corrected chi connectivity index (χ3v) is 3.81. The Labute approximate surface area is 133 Å². The van der Waals surface area contributed by atoms with E-state index >= 15 is 0 Å². The lowest BCUT2D eigenvalue weighted by Crippen LogP contribution is -2.15. The van der Waals surface area contributed by atoms with Crippen LogP contribution in [-0.4, -0.2) is 27.3 Å². The summed E-state index contributed by atoms with van der Waals surface area (Å²) in [5.41, 5.74) is -0.657. The number of nitrogens with zero attached hydrogens (tertiary/aromatic N) is 2. The minimum Gasteiger partial charge on any atom is -0.490 e. The molecule has 0 bridgehead atoms. The zero-order valence-electron chi connectivity index (χ0n) is 13.0. The number of nitrogens with one attached hydrogen (secondary N) is 1. The van der Waals surface area contributed by atoms with Crippen LogP contribution in [0, 0.1) is 0 Å². The third kappa shape index (κ3) is 4.02. The van der Waals surface area contributed by atoms with Crippen molar-refractivity contribution in [2.45, 2.75) is 39.4 Å². The number of hydrogen-bond donors (Lipinski definition) is 2. The number of rotatable bonds is 5. The molecule has 0 radical (unpaired) electrons. The maximum Gasteiger partial charge on any atom is 0.261 e. The van der Waals surface area contributed by atoms with Crippen LogP contribution in [0.4, 0.5) is 5.13 Å². The molecule has 2 rings (SSSR count). The highest BCUT2D eigenvalue weighted by Crippen LogP contribution is 2.27. The molecule has 1 amide bonds. The van der Waals surface area contributed by atoms with E-state index in [1.165, 1.54) is 0 Å². The minimum atomic E-state index is -1.08. The number of carbonyl (C=O) groups excluding carboxylic acids is 1. The number of aliphatic hydroxyl groups is 1. The first-order chi connectivity index (χ1) is 10.3. The van der Waals surface area contributed by atoms with E-state index in [4.69, 9.17) is 4.74 Å². The van der Waals surface area contributed by atoms with E-state index in [1.807, 2.05) is 19.9 Å². The first-order valence-corrected chi connectivity index (χ1v) is 7.72. The van der Waals surface area contributed by atoms with E-state index in [-0.39, 0.29) is 12.0 Å². The van der Waals surface area contributed by atoms with Crippen LogP contribution in [0.15, 0.2) is 24.3 Å². The Kier molecular flexibility index (Phi) is 4.77. The van der Waals surface area contributed by atoms with Crippen LogP contribution in [0.25, 0.3) is 0 Å². The molecule has 1 heterocycles. The molecule has 0 unspecified atom stereocenters. The molecule has 2 N–H and O–H groups in total. The van der Waals surface area contributed by atoms with Crippen molar-refractivity contribution >= 4 is 22.4 Å². The maximum absolute atomic E-state index is 12.4. The van der Waals surface area contributed by atoms with E-state index < -0.39 is 5.60 Å². The molecule has 0 atom stereocenters. The van der Waals surface area contributed by atoms with Gasteiger partial charge in [-0.3, -0.25) is 10.1 Å². The van der Waals surface area contributed by atoms with E-state index in [1.54, 1.807) is 32.0 Å². The lowest BCUT2D eigenvalue weighted by molar-refractivity contribution is 0.0775. The summed E-state index contributed by atoms with van der Waals surface area (Å²) < 4.78 is 5.63. The standard InChI is InChI=1S/C15H19N3O3S/c1-9(2)21-11-8-6-5-7-10(11)12(19)16-14-18-17-13(22-14)15(3,4)20/h5-9,20H,1-4H3,(H,16,18,19). The van der Waals surface area contributed by atoms with Crippen molar-refractivity contribution in [1.29, 1.82) is 0 Å². The van der Waals surface area contributed by atoms with Crippen molar-refractivity contribution in [2.24, 2.45) is 0 Å². The molecule has 7 heteroatoms. The monoisotopic (exact) mass is 321 g/mol. The van der Waals surface area contributed by atoms with Gasteiger partial charge >= 0.3 is 0 Å². The van der Waals surface area contributed by atoms with Crippen LogP contribution in [-0.2, 0) is 5.60 Å². The number of benzene rings is 1. The van der Waals surface area contributed by atoms with Crippen molar-refractivity contribution in [3.8, 4) is 5.75 Å². The number of carbonyl (C=O) groups is 1. The lowest BCUT2D eigenvalue weighted by atomic mass is 10.2. The molecule has 6 nitrogen and oxygen atoms in total. The molecule has 0 aliphatic heterocycles. The van der Waals surface area contributed by atoms with Crippen LogP contribution < -0.4 is 10.1 Å². The number of amides is 1. The average Bonchev–Trinajstić information content (AvgIpc) is 2.87. The summed E-state index contributed by atoms with van der Waals surface area (Å²) >= 11 is 1.14. The first kappa shape index (κ1) is 16.4. The maximum atomic E-state index is 12.4. The van der Waals surface area contributed by atoms with Crippen LogP contribution in [0.3, 0.4) is 0 Å². The van der Waals surface area contributed by atoms with Gasteiger partial charge in [0.25, 0.3) is 5.91 Å². The molecular weight excluding hydrogens is 302 g/mol. The summed E-state index contributed by atoms with van der Waals surface area (Å²) in [6.45, 7) is 7.03. The first-order valence-electron chi connectivity index (χ1n) is 6.91. The number of aromatic nitrogens is 2. The third-order valence-electron chi connectivity index (χ3n) is 2.66. The van der Waals surface area contributed by atoms with Crippen molar-refractivity contribution < 1.29 is 14.6 Å². The van der Waals surface area contributed by atoms with Crippen molar-refractivity contribution in [3.05, 3.63) is 34.8 Å². The molecule has 0 saturated carbocycles. The van der Waals surface area contributed by atoms with Crippen LogP contribution in [0.1, 0.15) is 43.1 Å². The topological polar surface area (TPSA) is 84.3 Å². The molecular formula is C15H19N3O3S. The van der Waals surface area contributed by atoms with Crippen molar-refractivity contribution in [3.63, 3.8) is 0 Å². The van der Waals surface area contributed by atoms with Gasteiger partial charge in [-0.25, -0.2) is 0 Å². The largest absolute Gasteiger partial charge is 0.490 e. The van der Waals surface area contributed by atoms with Gasteiger partial charge in [-0.2, -0.15) is 0 Å². The van der Waals surface area contributed by atoms with Crippen LogP contribution in [0.5, 0.6) is 5.75 Å². The zero-order chi connectivity index (χ0) is 16.3. The summed E-state index contributed by atoms with van der Waals surface area (Å²) in [6.07, 6.45) is -0.0303. The second-order valence-electron chi connectivity index (χ2n) is 5.59. The van der Waals surface area contributed by atoms with Gasteiger partial charge in [0.2, 0.25) is 5.13 Å². The predicted octanol–water partition coefficient (Wildman–Crippen LogP) is 2.81. The van der Waals surface area contributed by atoms with Gasteiger partial charge in [0, 0.05) is 0 Å². The molecule has 2 aromatic rings. The van der Waals surface area contributed by atoms with E-state index in [9.17, 15) is 9.90 Å². The SMILES string of the molecule is CC(C)Oc1ccccc1C(=O)Nc1nnc(C(C)(C)O)s1. The molecule has 0 spiro atoms. The van der Waals surface area contributed by atoms with Crippen LogP contribution in [0.2, 0.25) is 0 Å². The van der Waals surface area contributed by atoms with E-state index in [0.29, 0.717) is 21.5 Å². The molecule has 0 fully saturated rings. The Bertz CT molecular complexity index is 662. The van der Waals surface area contributed by atoms with Crippen molar-refractivity contribution in [2.75, 3.05) is 5.32 Å². The normalized spacial score (nSPS) is 11.5.